The van der Waals surface area contributed by atoms with Crippen LogP contribution in [0.15, 0.2) is 36.7 Å². The zero-order valence-corrected chi connectivity index (χ0v) is 21.3. The standard InChI is InChI=1S/C27H39N5O3/c1-27(2,3)35-26(34)31-17-12-22(13-18-31)32-16-8-9-23(32)25(33)29-20-21-10-11-24(28-19-21)30-14-6-4-5-7-15-30/h8-11,16,19,22H,4-7,12-15,17-18,20H2,1-3H3,(H,29,33). The van der Waals surface area contributed by atoms with E-state index in [2.05, 4.69) is 27.3 Å². The number of hydrogen-bond donors (Lipinski definition) is 1. The van der Waals surface area contributed by atoms with Gasteiger partial charge in [-0.05, 0) is 70.2 Å². The highest BCUT2D eigenvalue weighted by Gasteiger charge is 2.28. The molecular formula is C27H39N5O3. The van der Waals surface area contributed by atoms with Gasteiger partial charge in [-0.3, -0.25) is 4.79 Å². The topological polar surface area (TPSA) is 79.7 Å². The second kappa shape index (κ2) is 11.1. The Bertz CT molecular complexity index is 979. The molecule has 2 aliphatic rings. The van der Waals surface area contributed by atoms with E-state index in [1.165, 1.54) is 25.7 Å². The van der Waals surface area contributed by atoms with E-state index in [4.69, 9.17) is 4.74 Å². The number of carbonyl (C=O) groups excluding carboxylic acids is 2. The van der Waals surface area contributed by atoms with Crippen LogP contribution < -0.4 is 10.2 Å². The summed E-state index contributed by atoms with van der Waals surface area (Å²) in [7, 11) is 0. The molecule has 2 aliphatic heterocycles. The minimum atomic E-state index is -0.498. The fourth-order valence-corrected chi connectivity index (χ4v) is 4.84. The summed E-state index contributed by atoms with van der Waals surface area (Å²) in [6.45, 7) is 9.44. The van der Waals surface area contributed by atoms with E-state index in [1.807, 2.05) is 49.9 Å². The third-order valence-corrected chi connectivity index (χ3v) is 6.71. The molecule has 2 fully saturated rings. The fraction of sp³-hybridized carbons (Fsp3) is 0.593. The molecule has 0 unspecified atom stereocenters. The van der Waals surface area contributed by atoms with Crippen LogP contribution in [0.4, 0.5) is 10.6 Å². The molecule has 0 atom stereocenters. The van der Waals surface area contributed by atoms with Gasteiger partial charge >= 0.3 is 6.09 Å². The lowest BCUT2D eigenvalue weighted by Gasteiger charge is -2.34. The molecule has 0 radical (unpaired) electrons. The Kier molecular flexibility index (Phi) is 7.98. The van der Waals surface area contributed by atoms with Crippen molar-refractivity contribution in [1.82, 2.24) is 19.8 Å². The Morgan fingerprint density at radius 3 is 2.37 bits per heavy atom. The lowest BCUT2D eigenvalue weighted by molar-refractivity contribution is 0.0187. The third kappa shape index (κ3) is 6.77. The molecule has 35 heavy (non-hydrogen) atoms. The monoisotopic (exact) mass is 481 g/mol. The van der Waals surface area contributed by atoms with Crippen molar-refractivity contribution < 1.29 is 14.3 Å². The summed E-state index contributed by atoms with van der Waals surface area (Å²) < 4.78 is 7.54. The molecule has 4 rings (SSSR count). The van der Waals surface area contributed by atoms with Crippen molar-refractivity contribution in [2.75, 3.05) is 31.1 Å². The highest BCUT2D eigenvalue weighted by molar-refractivity contribution is 5.92. The maximum absolute atomic E-state index is 13.0. The molecule has 8 heteroatoms. The van der Waals surface area contributed by atoms with Gasteiger partial charge in [-0.15, -0.1) is 0 Å². The lowest BCUT2D eigenvalue weighted by atomic mass is 10.0. The van der Waals surface area contributed by atoms with E-state index in [1.54, 1.807) is 4.90 Å². The first-order valence-corrected chi connectivity index (χ1v) is 12.9. The molecule has 1 N–H and O–H groups in total. The molecule has 0 saturated carbocycles. The highest BCUT2D eigenvalue weighted by Crippen LogP contribution is 2.26. The molecule has 2 aromatic rings. The van der Waals surface area contributed by atoms with Crippen LogP contribution in [-0.4, -0.2) is 58.2 Å². The molecule has 0 aliphatic carbocycles. The van der Waals surface area contributed by atoms with E-state index < -0.39 is 5.60 Å². The number of hydrogen-bond acceptors (Lipinski definition) is 5. The van der Waals surface area contributed by atoms with Crippen LogP contribution in [-0.2, 0) is 11.3 Å². The van der Waals surface area contributed by atoms with Gasteiger partial charge < -0.3 is 24.4 Å². The summed E-state index contributed by atoms with van der Waals surface area (Å²) in [6.07, 6.45) is 10.2. The summed E-state index contributed by atoms with van der Waals surface area (Å²) in [6, 6.07) is 8.06. The number of aromatic nitrogens is 2. The maximum Gasteiger partial charge on any atom is 0.410 e. The number of nitrogens with zero attached hydrogens (tertiary/aromatic N) is 4. The predicted molar refractivity (Wildman–Crippen MR) is 137 cm³/mol. The smallest absolute Gasteiger partial charge is 0.410 e. The molecule has 0 bridgehead atoms. The van der Waals surface area contributed by atoms with Crippen LogP contribution in [0.3, 0.4) is 0 Å². The van der Waals surface area contributed by atoms with Gasteiger partial charge in [-0.25, -0.2) is 9.78 Å². The second-order valence-corrected chi connectivity index (χ2v) is 10.6. The number of carbonyl (C=O) groups is 2. The molecule has 2 aromatic heterocycles. The number of amides is 2. The summed E-state index contributed by atoms with van der Waals surface area (Å²) in [4.78, 5) is 34.1. The normalized spacial score (nSPS) is 17.7. The Labute approximate surface area is 208 Å². The van der Waals surface area contributed by atoms with Crippen molar-refractivity contribution in [2.45, 2.75) is 77.5 Å². The van der Waals surface area contributed by atoms with Crippen LogP contribution in [0.25, 0.3) is 0 Å². The van der Waals surface area contributed by atoms with Gasteiger partial charge in [0.2, 0.25) is 0 Å². The van der Waals surface area contributed by atoms with Gasteiger partial charge in [0.25, 0.3) is 5.91 Å². The Morgan fingerprint density at radius 2 is 1.74 bits per heavy atom. The fourth-order valence-electron chi connectivity index (χ4n) is 4.84. The number of anilines is 1. The lowest BCUT2D eigenvalue weighted by Crippen LogP contribution is -2.42. The predicted octanol–water partition coefficient (Wildman–Crippen LogP) is 4.77. The molecule has 190 valence electrons. The largest absolute Gasteiger partial charge is 0.444 e. The molecule has 0 spiro atoms. The van der Waals surface area contributed by atoms with Crippen LogP contribution in [0.5, 0.6) is 0 Å². The van der Waals surface area contributed by atoms with Gasteiger partial charge in [-0.2, -0.15) is 0 Å². The average molecular weight is 482 g/mol. The molecule has 2 amide bonds. The summed E-state index contributed by atoms with van der Waals surface area (Å²) >= 11 is 0. The molecular weight excluding hydrogens is 442 g/mol. The maximum atomic E-state index is 13.0. The number of rotatable bonds is 5. The quantitative estimate of drug-likeness (QED) is 0.666. The minimum absolute atomic E-state index is 0.0961. The minimum Gasteiger partial charge on any atom is -0.444 e. The number of likely N-dealkylation sites (tertiary alicyclic amines) is 1. The summed E-state index contributed by atoms with van der Waals surface area (Å²) in [5.74, 6) is 0.926. The highest BCUT2D eigenvalue weighted by atomic mass is 16.6. The molecule has 4 heterocycles. The number of ether oxygens (including phenoxy) is 1. The SMILES string of the molecule is CC(C)(C)OC(=O)N1CCC(n2cccc2C(=O)NCc2ccc(N3CCCCCC3)nc2)CC1. The van der Waals surface area contributed by atoms with Gasteiger partial charge in [0.15, 0.2) is 0 Å². The van der Waals surface area contributed by atoms with Gasteiger partial charge in [-0.1, -0.05) is 18.9 Å². The number of nitrogens with one attached hydrogen (secondary N) is 1. The van der Waals surface area contributed by atoms with Crippen LogP contribution >= 0.6 is 0 Å². The van der Waals surface area contributed by atoms with Crippen LogP contribution in [0.1, 0.15) is 81.4 Å². The van der Waals surface area contributed by atoms with Crippen LogP contribution in [0.2, 0.25) is 0 Å². The van der Waals surface area contributed by atoms with E-state index in [0.29, 0.717) is 25.3 Å². The summed E-state index contributed by atoms with van der Waals surface area (Å²) in [5.41, 5.74) is 1.14. The van der Waals surface area contributed by atoms with Gasteiger partial charge in [0.1, 0.15) is 17.1 Å². The van der Waals surface area contributed by atoms with E-state index in [-0.39, 0.29) is 18.0 Å². The van der Waals surface area contributed by atoms with Gasteiger partial charge in [0.05, 0.1) is 0 Å². The first-order chi connectivity index (χ1) is 16.8. The van der Waals surface area contributed by atoms with Crippen molar-refractivity contribution in [3.05, 3.63) is 47.9 Å². The van der Waals surface area contributed by atoms with E-state index >= 15 is 0 Å². The Balaban J connectivity index is 1.29. The first kappa shape index (κ1) is 25.1. The third-order valence-electron chi connectivity index (χ3n) is 6.71. The molecule has 8 nitrogen and oxygen atoms in total. The Morgan fingerprint density at radius 1 is 1.03 bits per heavy atom. The van der Waals surface area contributed by atoms with E-state index in [0.717, 1.165) is 37.3 Å². The zero-order valence-electron chi connectivity index (χ0n) is 21.3. The summed E-state index contributed by atoms with van der Waals surface area (Å²) in [5, 5.41) is 3.04. The molecule has 0 aromatic carbocycles. The number of pyridine rings is 1. The van der Waals surface area contributed by atoms with Crippen LogP contribution in [0, 0.1) is 0 Å². The average Bonchev–Trinajstić information content (AvgIpc) is 3.17. The zero-order chi connectivity index (χ0) is 24.8. The first-order valence-electron chi connectivity index (χ1n) is 12.9. The molecule has 2 saturated heterocycles. The van der Waals surface area contributed by atoms with Crippen molar-refractivity contribution in [3.63, 3.8) is 0 Å². The number of piperidine rings is 1. The Hall–Kier alpha value is -3.03. The van der Waals surface area contributed by atoms with Gasteiger partial charge in [0, 0.05) is 51.2 Å². The van der Waals surface area contributed by atoms with Crippen molar-refractivity contribution in [1.29, 1.82) is 0 Å². The van der Waals surface area contributed by atoms with Crippen molar-refractivity contribution in [3.8, 4) is 0 Å². The van der Waals surface area contributed by atoms with Crippen molar-refractivity contribution in [2.24, 2.45) is 0 Å². The van der Waals surface area contributed by atoms with E-state index in [9.17, 15) is 9.59 Å². The second-order valence-electron chi connectivity index (χ2n) is 10.6. The van der Waals surface area contributed by atoms with Crippen molar-refractivity contribution >= 4 is 17.8 Å².